The molecule has 31 heavy (non-hydrogen) atoms. The molecule has 0 saturated heterocycles. The van der Waals surface area contributed by atoms with Gasteiger partial charge in [0.1, 0.15) is 5.75 Å². The van der Waals surface area contributed by atoms with Gasteiger partial charge in [-0.25, -0.2) is 10.2 Å². The Morgan fingerprint density at radius 3 is 2.71 bits per heavy atom. The van der Waals surface area contributed by atoms with Gasteiger partial charge < -0.3 is 14.2 Å². The summed E-state index contributed by atoms with van der Waals surface area (Å²) >= 11 is 3.39. The van der Waals surface area contributed by atoms with Crippen LogP contribution in [-0.2, 0) is 0 Å². The molecule has 7 nitrogen and oxygen atoms in total. The molecule has 0 fully saturated rings. The first-order valence-corrected chi connectivity index (χ1v) is 10.1. The van der Waals surface area contributed by atoms with Gasteiger partial charge in [-0.15, -0.1) is 0 Å². The number of esters is 1. The third-order valence-electron chi connectivity index (χ3n) is 4.54. The smallest absolute Gasteiger partial charge is 0.343 e. The molecular formula is C23H17BrN2O5. The van der Waals surface area contributed by atoms with Crippen LogP contribution in [-0.4, -0.2) is 24.9 Å². The maximum Gasteiger partial charge on any atom is 0.343 e. The second kappa shape index (κ2) is 9.01. The lowest BCUT2D eigenvalue weighted by Gasteiger charge is -2.09. The maximum absolute atomic E-state index is 12.6. The summed E-state index contributed by atoms with van der Waals surface area (Å²) in [5.74, 6) is 0.531. The van der Waals surface area contributed by atoms with Crippen molar-refractivity contribution in [1.82, 2.24) is 5.43 Å². The highest BCUT2D eigenvalue weighted by molar-refractivity contribution is 9.10. The molecule has 4 rings (SSSR count). The Labute approximate surface area is 186 Å². The SMILES string of the molecule is Cc1ccccc1C(=O)Oc1ccc(Br)cc1/C=N\NC(=O)c1ccc2c(c1)OCO2. The number of nitrogens with zero attached hydrogens (tertiary/aromatic N) is 1. The fourth-order valence-corrected chi connectivity index (χ4v) is 3.31. The Bertz CT molecular complexity index is 1190. The number of halogens is 1. The van der Waals surface area contributed by atoms with E-state index in [1.54, 1.807) is 48.5 Å². The molecule has 0 bridgehead atoms. The van der Waals surface area contributed by atoms with Gasteiger partial charge in [-0.05, 0) is 55.0 Å². The second-order valence-corrected chi connectivity index (χ2v) is 7.57. The molecule has 1 amide bonds. The third-order valence-corrected chi connectivity index (χ3v) is 5.04. The van der Waals surface area contributed by atoms with E-state index < -0.39 is 11.9 Å². The number of rotatable bonds is 5. The monoisotopic (exact) mass is 480 g/mol. The van der Waals surface area contributed by atoms with E-state index in [2.05, 4.69) is 26.5 Å². The van der Waals surface area contributed by atoms with Gasteiger partial charge in [-0.2, -0.15) is 5.10 Å². The maximum atomic E-state index is 12.6. The zero-order valence-corrected chi connectivity index (χ0v) is 18.0. The molecule has 8 heteroatoms. The normalized spacial score (nSPS) is 12.1. The lowest BCUT2D eigenvalue weighted by Crippen LogP contribution is -2.17. The average molecular weight is 481 g/mol. The van der Waals surface area contributed by atoms with E-state index >= 15 is 0 Å². The number of nitrogens with one attached hydrogen (secondary N) is 1. The van der Waals surface area contributed by atoms with E-state index in [4.69, 9.17) is 14.2 Å². The fourth-order valence-electron chi connectivity index (χ4n) is 2.93. The lowest BCUT2D eigenvalue weighted by atomic mass is 10.1. The molecule has 0 aromatic heterocycles. The molecule has 3 aromatic carbocycles. The van der Waals surface area contributed by atoms with Gasteiger partial charge in [0, 0.05) is 15.6 Å². The minimum atomic E-state index is -0.473. The van der Waals surface area contributed by atoms with Crippen LogP contribution >= 0.6 is 15.9 Å². The first kappa shape index (κ1) is 20.6. The Balaban J connectivity index is 1.48. The molecule has 1 aliphatic heterocycles. The zero-order valence-electron chi connectivity index (χ0n) is 16.4. The first-order valence-electron chi connectivity index (χ1n) is 9.31. The molecule has 1 heterocycles. The van der Waals surface area contributed by atoms with Crippen LogP contribution in [0.4, 0.5) is 0 Å². The number of aryl methyl sites for hydroxylation is 1. The number of hydrogen-bond donors (Lipinski definition) is 1. The van der Waals surface area contributed by atoms with Gasteiger partial charge >= 0.3 is 5.97 Å². The van der Waals surface area contributed by atoms with Crippen LogP contribution in [0, 0.1) is 6.92 Å². The van der Waals surface area contributed by atoms with E-state index in [-0.39, 0.29) is 6.79 Å². The Morgan fingerprint density at radius 2 is 1.87 bits per heavy atom. The highest BCUT2D eigenvalue weighted by Crippen LogP contribution is 2.32. The highest BCUT2D eigenvalue weighted by Gasteiger charge is 2.16. The minimum Gasteiger partial charge on any atom is -0.454 e. The summed E-state index contributed by atoms with van der Waals surface area (Å²) in [7, 11) is 0. The van der Waals surface area contributed by atoms with Crippen LogP contribution in [0.15, 0.2) is 70.2 Å². The van der Waals surface area contributed by atoms with E-state index in [9.17, 15) is 9.59 Å². The summed E-state index contributed by atoms with van der Waals surface area (Å²) in [6, 6.07) is 17.2. The molecule has 0 radical (unpaired) electrons. The lowest BCUT2D eigenvalue weighted by molar-refractivity contribution is 0.0733. The Kier molecular flexibility index (Phi) is 5.99. The van der Waals surface area contributed by atoms with Crippen LogP contribution in [0.25, 0.3) is 0 Å². The molecule has 0 aliphatic carbocycles. The first-order chi connectivity index (χ1) is 15.0. The molecule has 1 N–H and O–H groups in total. The number of carbonyl (C=O) groups excluding carboxylic acids is 2. The molecular weight excluding hydrogens is 464 g/mol. The molecule has 156 valence electrons. The number of carbonyl (C=O) groups is 2. The fraction of sp³-hybridized carbons (Fsp3) is 0.0870. The van der Waals surface area contributed by atoms with Crippen LogP contribution < -0.4 is 19.6 Å². The van der Waals surface area contributed by atoms with Gasteiger partial charge in [0.05, 0.1) is 11.8 Å². The van der Waals surface area contributed by atoms with Crippen molar-refractivity contribution in [3.63, 3.8) is 0 Å². The number of hydrogen-bond acceptors (Lipinski definition) is 6. The van der Waals surface area contributed by atoms with E-state index in [0.29, 0.717) is 33.9 Å². The summed E-state index contributed by atoms with van der Waals surface area (Å²) in [4.78, 5) is 24.9. The standard InChI is InChI=1S/C23H17BrN2O5/c1-14-4-2-3-5-18(14)23(28)31-19-9-7-17(24)10-16(19)12-25-26-22(27)15-6-8-20-21(11-15)30-13-29-20/h2-12H,13H2,1H3,(H,26,27)/b25-12-. The molecule has 0 saturated carbocycles. The van der Waals surface area contributed by atoms with Crippen LogP contribution in [0.3, 0.4) is 0 Å². The van der Waals surface area contributed by atoms with Gasteiger partial charge in [0.25, 0.3) is 5.91 Å². The summed E-state index contributed by atoms with van der Waals surface area (Å²) in [5, 5.41) is 4.00. The van der Waals surface area contributed by atoms with Crippen LogP contribution in [0.1, 0.15) is 31.8 Å². The number of hydrazone groups is 1. The van der Waals surface area contributed by atoms with Crippen molar-refractivity contribution in [3.05, 3.63) is 87.4 Å². The van der Waals surface area contributed by atoms with Gasteiger partial charge in [-0.1, -0.05) is 34.1 Å². The number of benzene rings is 3. The van der Waals surface area contributed by atoms with Crippen LogP contribution in [0.2, 0.25) is 0 Å². The topological polar surface area (TPSA) is 86.2 Å². The van der Waals surface area contributed by atoms with Crippen molar-refractivity contribution in [2.24, 2.45) is 5.10 Å². The van der Waals surface area contributed by atoms with Crippen molar-refractivity contribution in [2.75, 3.05) is 6.79 Å². The summed E-state index contributed by atoms with van der Waals surface area (Å²) < 4.78 is 16.9. The van der Waals surface area contributed by atoms with Crippen LogP contribution in [0.5, 0.6) is 17.2 Å². The largest absolute Gasteiger partial charge is 0.454 e. The van der Waals surface area contributed by atoms with Gasteiger partial charge in [-0.3, -0.25) is 4.79 Å². The Morgan fingerprint density at radius 1 is 1.06 bits per heavy atom. The minimum absolute atomic E-state index is 0.130. The third kappa shape index (κ3) is 4.75. The predicted octanol–water partition coefficient (Wildman–Crippen LogP) is 4.47. The summed E-state index contributed by atoms with van der Waals surface area (Å²) in [6.07, 6.45) is 1.41. The summed E-state index contributed by atoms with van der Waals surface area (Å²) in [6.45, 7) is 1.97. The average Bonchev–Trinajstić information content (AvgIpc) is 3.23. The Hall–Kier alpha value is -3.65. The molecule has 3 aromatic rings. The van der Waals surface area contributed by atoms with E-state index in [0.717, 1.165) is 10.0 Å². The molecule has 0 unspecified atom stereocenters. The zero-order chi connectivity index (χ0) is 21.8. The van der Waals surface area contributed by atoms with E-state index in [1.165, 1.54) is 6.21 Å². The molecule has 0 atom stereocenters. The van der Waals surface area contributed by atoms with Gasteiger partial charge in [0.2, 0.25) is 6.79 Å². The van der Waals surface area contributed by atoms with Crippen molar-refractivity contribution in [3.8, 4) is 17.2 Å². The predicted molar refractivity (Wildman–Crippen MR) is 118 cm³/mol. The molecule has 1 aliphatic rings. The summed E-state index contributed by atoms with van der Waals surface area (Å²) in [5.41, 5.74) is 4.64. The highest BCUT2D eigenvalue weighted by atomic mass is 79.9. The van der Waals surface area contributed by atoms with Crippen molar-refractivity contribution in [1.29, 1.82) is 0 Å². The van der Waals surface area contributed by atoms with E-state index in [1.807, 2.05) is 19.1 Å². The van der Waals surface area contributed by atoms with Crippen molar-refractivity contribution in [2.45, 2.75) is 6.92 Å². The quantitative estimate of drug-likeness (QED) is 0.252. The number of ether oxygens (including phenoxy) is 3. The van der Waals surface area contributed by atoms with Gasteiger partial charge in [0.15, 0.2) is 11.5 Å². The molecule has 0 spiro atoms. The number of fused-ring (bicyclic) bond motifs is 1. The van der Waals surface area contributed by atoms with Crippen molar-refractivity contribution < 1.29 is 23.8 Å². The number of amides is 1. The second-order valence-electron chi connectivity index (χ2n) is 6.65. The van der Waals surface area contributed by atoms with Crippen molar-refractivity contribution >= 4 is 34.0 Å².